The van der Waals surface area contributed by atoms with E-state index in [2.05, 4.69) is 13.8 Å². The molecule has 1 aromatic carbocycles. The van der Waals surface area contributed by atoms with Crippen LogP contribution in [0.3, 0.4) is 0 Å². The molecule has 0 N–H and O–H groups in total. The molecule has 0 spiro atoms. The summed E-state index contributed by atoms with van der Waals surface area (Å²) in [6.45, 7) is 7.66. The summed E-state index contributed by atoms with van der Waals surface area (Å²) in [5.41, 5.74) is 0.799. The molecule has 2 heteroatoms. The van der Waals surface area contributed by atoms with Gasteiger partial charge in [0.15, 0.2) is 0 Å². The summed E-state index contributed by atoms with van der Waals surface area (Å²) in [7, 11) is 0. The van der Waals surface area contributed by atoms with Crippen molar-refractivity contribution >= 4 is 0 Å². The van der Waals surface area contributed by atoms with Gasteiger partial charge < -0.3 is 0 Å². The van der Waals surface area contributed by atoms with Gasteiger partial charge in [0.1, 0.15) is 11.6 Å². The maximum absolute atomic E-state index is 12.8. The first-order chi connectivity index (χ1) is 7.06. The highest BCUT2D eigenvalue weighted by molar-refractivity contribution is 5.24. The quantitative estimate of drug-likeness (QED) is 0.672. The van der Waals surface area contributed by atoms with Crippen LogP contribution in [0, 0.1) is 18.6 Å². The summed E-state index contributed by atoms with van der Waals surface area (Å²) >= 11 is 0. The van der Waals surface area contributed by atoms with Crippen LogP contribution in [0.2, 0.25) is 0 Å². The van der Waals surface area contributed by atoms with Gasteiger partial charge in [-0.3, -0.25) is 0 Å². The Morgan fingerprint density at radius 2 is 1.33 bits per heavy atom. The Kier molecular flexibility index (Phi) is 6.93. The van der Waals surface area contributed by atoms with Crippen LogP contribution in [0.4, 0.5) is 8.78 Å². The summed E-state index contributed by atoms with van der Waals surface area (Å²) in [6.07, 6.45) is 3.30. The number of rotatable bonds is 2. The largest absolute Gasteiger partial charge is 0.207 e. The van der Waals surface area contributed by atoms with Crippen molar-refractivity contribution in [3.63, 3.8) is 0 Å². The van der Waals surface area contributed by atoms with E-state index < -0.39 is 11.6 Å². The maximum Gasteiger partial charge on any atom is 0.129 e. The molecule has 0 bridgehead atoms. The maximum atomic E-state index is 12.8. The molecule has 1 rings (SSSR count). The number of aryl methyl sites for hydroxylation is 1. The van der Waals surface area contributed by atoms with E-state index in [1.165, 1.54) is 31.9 Å². The van der Waals surface area contributed by atoms with E-state index in [0.29, 0.717) is 12.0 Å². The molecule has 0 heterocycles. The molecule has 1 aromatic rings. The van der Waals surface area contributed by atoms with Crippen molar-refractivity contribution < 1.29 is 8.78 Å². The van der Waals surface area contributed by atoms with Gasteiger partial charge in [0, 0.05) is 5.56 Å². The predicted octanol–water partition coefficient (Wildman–Crippen LogP) is 4.64. The van der Waals surface area contributed by atoms with E-state index in [0.717, 1.165) is 0 Å². The topological polar surface area (TPSA) is 0 Å². The zero-order valence-corrected chi connectivity index (χ0v) is 10.0. The summed E-state index contributed by atoms with van der Waals surface area (Å²) in [6, 6.07) is 2.75. The highest BCUT2D eigenvalue weighted by Crippen LogP contribution is 2.14. The first-order valence-corrected chi connectivity index (χ1v) is 5.51. The molecule has 0 amide bonds. The minimum Gasteiger partial charge on any atom is -0.207 e. The third kappa shape index (κ3) is 4.91. The normalized spacial score (nSPS) is 9.47. The van der Waals surface area contributed by atoms with E-state index in [4.69, 9.17) is 0 Å². The summed E-state index contributed by atoms with van der Waals surface area (Å²) in [5, 5.41) is 0. The minimum atomic E-state index is -0.457. The molecule has 0 aromatic heterocycles. The minimum absolute atomic E-state index is 0.0993. The Balaban J connectivity index is 0.000000423. The SMILES string of the molecule is CCCC.CCc1cc(F)c(C)c(F)c1. The van der Waals surface area contributed by atoms with E-state index in [9.17, 15) is 8.78 Å². The molecule has 0 nitrogen and oxygen atoms in total. The van der Waals surface area contributed by atoms with Crippen molar-refractivity contribution in [2.24, 2.45) is 0 Å². The van der Waals surface area contributed by atoms with Gasteiger partial charge in [0.2, 0.25) is 0 Å². The van der Waals surface area contributed by atoms with Gasteiger partial charge >= 0.3 is 0 Å². The van der Waals surface area contributed by atoms with E-state index in [1.54, 1.807) is 0 Å². The highest BCUT2D eigenvalue weighted by atomic mass is 19.1. The van der Waals surface area contributed by atoms with Crippen LogP contribution < -0.4 is 0 Å². The molecule has 0 aliphatic carbocycles. The van der Waals surface area contributed by atoms with E-state index >= 15 is 0 Å². The summed E-state index contributed by atoms with van der Waals surface area (Å²) in [5.74, 6) is -0.913. The lowest BCUT2D eigenvalue weighted by Crippen LogP contribution is -1.91. The Morgan fingerprint density at radius 3 is 1.60 bits per heavy atom. The molecule has 15 heavy (non-hydrogen) atoms. The van der Waals surface area contributed by atoms with Crippen molar-refractivity contribution in [3.8, 4) is 0 Å². The first-order valence-electron chi connectivity index (χ1n) is 5.51. The lowest BCUT2D eigenvalue weighted by molar-refractivity contribution is 0.565. The second-order valence-electron chi connectivity index (χ2n) is 3.54. The summed E-state index contributed by atoms with van der Waals surface area (Å²) < 4.78 is 25.6. The Bertz CT molecular complexity index is 268. The average Bonchev–Trinajstić information content (AvgIpc) is 2.25. The van der Waals surface area contributed by atoms with Gasteiger partial charge in [-0.2, -0.15) is 0 Å². The first kappa shape index (κ1) is 14.1. The molecular weight excluding hydrogens is 194 g/mol. The zero-order chi connectivity index (χ0) is 11.8. The lowest BCUT2D eigenvalue weighted by atomic mass is 10.1. The van der Waals surface area contributed by atoms with Gasteiger partial charge in [-0.05, 0) is 31.0 Å². The standard InChI is InChI=1S/C9H10F2.C4H10/c1-3-7-4-8(10)6(2)9(11)5-7;1-3-4-2/h4-5H,3H2,1-2H3;3-4H2,1-2H3. The van der Waals surface area contributed by atoms with Gasteiger partial charge in [-0.15, -0.1) is 0 Å². The average molecular weight is 214 g/mol. The van der Waals surface area contributed by atoms with Crippen LogP contribution in [0.15, 0.2) is 12.1 Å². The van der Waals surface area contributed by atoms with Crippen LogP contribution in [0.1, 0.15) is 44.7 Å². The van der Waals surface area contributed by atoms with Crippen LogP contribution >= 0.6 is 0 Å². The molecule has 0 unspecified atom stereocenters. The molecular formula is C13H20F2. The van der Waals surface area contributed by atoms with Gasteiger partial charge in [-0.25, -0.2) is 8.78 Å². The molecule has 0 atom stereocenters. The third-order valence-electron chi connectivity index (χ3n) is 2.25. The Hall–Kier alpha value is -0.920. The van der Waals surface area contributed by atoms with Gasteiger partial charge in [0.05, 0.1) is 0 Å². The fourth-order valence-corrected chi connectivity index (χ4v) is 0.902. The van der Waals surface area contributed by atoms with Crippen molar-refractivity contribution in [1.29, 1.82) is 0 Å². The Morgan fingerprint density at radius 1 is 0.933 bits per heavy atom. The van der Waals surface area contributed by atoms with E-state index in [1.807, 2.05) is 6.92 Å². The fourth-order valence-electron chi connectivity index (χ4n) is 0.902. The second-order valence-corrected chi connectivity index (χ2v) is 3.54. The smallest absolute Gasteiger partial charge is 0.129 e. The van der Waals surface area contributed by atoms with Crippen molar-refractivity contribution in [2.75, 3.05) is 0 Å². The van der Waals surface area contributed by atoms with Crippen LogP contribution in [-0.2, 0) is 6.42 Å². The second kappa shape index (κ2) is 7.38. The van der Waals surface area contributed by atoms with E-state index in [-0.39, 0.29) is 5.56 Å². The fraction of sp³-hybridized carbons (Fsp3) is 0.538. The zero-order valence-electron chi connectivity index (χ0n) is 10.0. The molecule has 86 valence electrons. The third-order valence-corrected chi connectivity index (χ3v) is 2.25. The van der Waals surface area contributed by atoms with Crippen molar-refractivity contribution in [3.05, 3.63) is 34.9 Å². The number of hydrogen-bond acceptors (Lipinski definition) is 0. The van der Waals surface area contributed by atoms with Crippen LogP contribution in [0.5, 0.6) is 0 Å². The molecule has 0 fully saturated rings. The monoisotopic (exact) mass is 214 g/mol. The summed E-state index contributed by atoms with van der Waals surface area (Å²) in [4.78, 5) is 0. The molecule has 0 aliphatic heterocycles. The number of hydrogen-bond donors (Lipinski definition) is 0. The predicted molar refractivity (Wildman–Crippen MR) is 61.1 cm³/mol. The molecule has 0 saturated heterocycles. The molecule has 0 aliphatic rings. The number of halogens is 2. The lowest BCUT2D eigenvalue weighted by Gasteiger charge is -2.01. The van der Waals surface area contributed by atoms with Crippen LogP contribution in [-0.4, -0.2) is 0 Å². The van der Waals surface area contributed by atoms with Gasteiger partial charge in [-0.1, -0.05) is 33.6 Å². The number of benzene rings is 1. The van der Waals surface area contributed by atoms with Crippen molar-refractivity contribution in [1.82, 2.24) is 0 Å². The van der Waals surface area contributed by atoms with Gasteiger partial charge in [0.25, 0.3) is 0 Å². The van der Waals surface area contributed by atoms with Crippen LogP contribution in [0.25, 0.3) is 0 Å². The molecule has 0 radical (unpaired) electrons. The van der Waals surface area contributed by atoms with Crippen molar-refractivity contribution in [2.45, 2.75) is 47.0 Å². The number of unbranched alkanes of at least 4 members (excludes halogenated alkanes) is 1. The molecule has 0 saturated carbocycles. The Labute approximate surface area is 91.3 Å². The highest BCUT2D eigenvalue weighted by Gasteiger charge is 2.04.